The number of hydrogen-bond donors (Lipinski definition) is 4. The van der Waals surface area contributed by atoms with E-state index in [0.717, 1.165) is 37.4 Å². The van der Waals surface area contributed by atoms with Gasteiger partial charge < -0.3 is 21.3 Å². The van der Waals surface area contributed by atoms with Gasteiger partial charge in [-0.05, 0) is 117 Å². The predicted octanol–water partition coefficient (Wildman–Crippen LogP) is 9.25. The molecule has 0 bridgehead atoms. The first-order valence-corrected chi connectivity index (χ1v) is 16.9. The SMILES string of the molecule is CC(=O)Nc1ccc(Br)cc1.CC(=O)Nc1ccc(Br)cc1Br.CC(=O)Nc1ccc(C=O)cc1.CC(=O)Nc1ccc(C=O)cc1Br. The molecule has 252 valence electrons. The first-order chi connectivity index (χ1) is 22.6. The van der Waals surface area contributed by atoms with Gasteiger partial charge in [0.25, 0.3) is 0 Å². The predicted molar refractivity (Wildman–Crippen MR) is 205 cm³/mol. The fraction of sp³-hybridized carbons (Fsp3) is 0.118. The average molecular weight is 912 g/mol. The van der Waals surface area contributed by atoms with Gasteiger partial charge in [-0.2, -0.15) is 0 Å². The highest BCUT2D eigenvalue weighted by Crippen LogP contribution is 2.26. The van der Waals surface area contributed by atoms with Crippen molar-refractivity contribution in [2.75, 3.05) is 21.3 Å². The van der Waals surface area contributed by atoms with Crippen LogP contribution in [0.5, 0.6) is 0 Å². The van der Waals surface area contributed by atoms with Crippen molar-refractivity contribution in [2.45, 2.75) is 27.7 Å². The van der Waals surface area contributed by atoms with E-state index in [1.165, 1.54) is 27.7 Å². The summed E-state index contributed by atoms with van der Waals surface area (Å²) in [6, 6.07) is 24.7. The van der Waals surface area contributed by atoms with Crippen LogP contribution in [0.25, 0.3) is 0 Å². The van der Waals surface area contributed by atoms with Gasteiger partial charge in [0.2, 0.25) is 23.6 Å². The number of carbonyl (C=O) groups is 6. The van der Waals surface area contributed by atoms with E-state index < -0.39 is 0 Å². The molecule has 0 spiro atoms. The van der Waals surface area contributed by atoms with Gasteiger partial charge in [0.05, 0.1) is 11.4 Å². The van der Waals surface area contributed by atoms with Crippen LogP contribution in [0, 0.1) is 0 Å². The van der Waals surface area contributed by atoms with Crippen LogP contribution >= 0.6 is 63.7 Å². The first kappa shape index (κ1) is 42.0. The van der Waals surface area contributed by atoms with E-state index in [9.17, 15) is 28.8 Å². The van der Waals surface area contributed by atoms with Gasteiger partial charge in [0.15, 0.2) is 0 Å². The van der Waals surface area contributed by atoms with Crippen LogP contribution in [0.15, 0.2) is 103 Å². The molecule has 4 rings (SSSR count). The lowest BCUT2D eigenvalue weighted by molar-refractivity contribution is -0.115. The van der Waals surface area contributed by atoms with Gasteiger partial charge in [-0.3, -0.25) is 28.8 Å². The van der Waals surface area contributed by atoms with Crippen LogP contribution < -0.4 is 21.3 Å². The fourth-order valence-electron chi connectivity index (χ4n) is 3.26. The molecule has 4 aromatic rings. The van der Waals surface area contributed by atoms with Crippen LogP contribution in [-0.4, -0.2) is 36.2 Å². The number of halogens is 4. The van der Waals surface area contributed by atoms with Gasteiger partial charge in [0.1, 0.15) is 12.6 Å². The number of anilines is 4. The number of hydrogen-bond acceptors (Lipinski definition) is 6. The molecule has 4 aromatic carbocycles. The third-order valence-corrected chi connectivity index (χ3v) is 7.55. The average Bonchev–Trinajstić information content (AvgIpc) is 3.01. The second-order valence-corrected chi connectivity index (χ2v) is 13.0. The molecule has 0 unspecified atom stereocenters. The Morgan fingerprint density at radius 3 is 1.19 bits per heavy atom. The van der Waals surface area contributed by atoms with Crippen LogP contribution in [0.3, 0.4) is 0 Å². The zero-order chi connectivity index (χ0) is 36.2. The van der Waals surface area contributed by atoms with E-state index in [0.29, 0.717) is 27.0 Å². The van der Waals surface area contributed by atoms with E-state index in [-0.39, 0.29) is 23.6 Å². The van der Waals surface area contributed by atoms with Crippen molar-refractivity contribution in [2.24, 2.45) is 0 Å². The summed E-state index contributed by atoms with van der Waals surface area (Å²) < 4.78 is 3.55. The first-order valence-electron chi connectivity index (χ1n) is 13.7. The van der Waals surface area contributed by atoms with E-state index in [2.05, 4.69) is 85.0 Å². The van der Waals surface area contributed by atoms with Crippen molar-refractivity contribution in [3.05, 3.63) is 114 Å². The smallest absolute Gasteiger partial charge is 0.221 e. The molecule has 0 saturated heterocycles. The number of benzene rings is 4. The molecule has 0 aromatic heterocycles. The number of nitrogens with one attached hydrogen (secondary N) is 4. The molecule has 0 radical (unpaired) electrons. The minimum absolute atomic E-state index is 0.0488. The Morgan fingerprint density at radius 2 is 0.812 bits per heavy atom. The summed E-state index contributed by atoms with van der Waals surface area (Å²) in [5.41, 5.74) is 4.14. The molecule has 0 aliphatic carbocycles. The van der Waals surface area contributed by atoms with E-state index in [4.69, 9.17) is 0 Å². The van der Waals surface area contributed by atoms with Gasteiger partial charge in [-0.1, -0.05) is 31.9 Å². The lowest BCUT2D eigenvalue weighted by Gasteiger charge is -2.04. The van der Waals surface area contributed by atoms with Gasteiger partial charge in [-0.15, -0.1) is 0 Å². The van der Waals surface area contributed by atoms with Crippen molar-refractivity contribution in [1.82, 2.24) is 0 Å². The monoisotopic (exact) mass is 908 g/mol. The maximum Gasteiger partial charge on any atom is 0.221 e. The lowest BCUT2D eigenvalue weighted by Crippen LogP contribution is -2.06. The summed E-state index contributed by atoms with van der Waals surface area (Å²) in [7, 11) is 0. The van der Waals surface area contributed by atoms with Crippen molar-refractivity contribution in [3.8, 4) is 0 Å². The molecule has 14 heteroatoms. The number of rotatable bonds is 6. The molecule has 4 amide bonds. The van der Waals surface area contributed by atoms with Crippen molar-refractivity contribution < 1.29 is 28.8 Å². The summed E-state index contributed by atoms with van der Waals surface area (Å²) in [4.78, 5) is 63.2. The van der Waals surface area contributed by atoms with Gasteiger partial charge in [0, 0.05) is 68.1 Å². The molecular weight excluding hydrogens is 880 g/mol. The fourth-order valence-corrected chi connectivity index (χ4v) is 5.17. The molecule has 10 nitrogen and oxygen atoms in total. The van der Waals surface area contributed by atoms with E-state index in [1.54, 1.807) is 42.5 Å². The molecule has 4 N–H and O–H groups in total. The quantitative estimate of drug-likeness (QED) is 0.142. The van der Waals surface area contributed by atoms with E-state index >= 15 is 0 Å². The molecule has 0 heterocycles. The summed E-state index contributed by atoms with van der Waals surface area (Å²) in [6.07, 6.45) is 1.51. The van der Waals surface area contributed by atoms with Crippen molar-refractivity contribution in [3.63, 3.8) is 0 Å². The van der Waals surface area contributed by atoms with Crippen molar-refractivity contribution >= 4 is 123 Å². The standard InChI is InChI=1S/C9H8BrNO2.C9H9NO2.C8H7Br2NO.C8H8BrNO/c1-6(13)11-9-3-2-7(5-12)4-8(9)10;1-7(12)10-9-4-2-8(6-11)3-5-9;1-5(12)11-8-3-2-6(9)4-7(8)10;1-6(11)10-8-4-2-7(9)3-5-8/h2-5H,1H3,(H,11,13);2-6H,1H3,(H,10,12);2-4H,1H3,(H,11,12);2-5H,1H3,(H,10,11). The zero-order valence-electron chi connectivity index (χ0n) is 26.2. The van der Waals surface area contributed by atoms with E-state index in [1.807, 2.05) is 42.5 Å². The van der Waals surface area contributed by atoms with Crippen LogP contribution in [0.2, 0.25) is 0 Å². The molecular formula is C34H32Br4N4O6. The normalized spacial score (nSPS) is 9.33. The Hall–Kier alpha value is -3.98. The van der Waals surface area contributed by atoms with Crippen molar-refractivity contribution in [1.29, 1.82) is 0 Å². The molecule has 48 heavy (non-hydrogen) atoms. The molecule has 0 atom stereocenters. The molecule has 0 aliphatic heterocycles. The Morgan fingerprint density at radius 1 is 0.458 bits per heavy atom. The van der Waals surface area contributed by atoms with Crippen LogP contribution in [0.4, 0.5) is 22.7 Å². The Labute approximate surface area is 312 Å². The molecule has 0 fully saturated rings. The number of aldehydes is 2. The van der Waals surface area contributed by atoms with Crippen LogP contribution in [0.1, 0.15) is 48.4 Å². The minimum Gasteiger partial charge on any atom is -0.326 e. The second kappa shape index (κ2) is 22.6. The lowest BCUT2D eigenvalue weighted by atomic mass is 10.2. The number of carbonyl (C=O) groups excluding carboxylic acids is 6. The van der Waals surface area contributed by atoms with Crippen LogP contribution in [-0.2, 0) is 19.2 Å². The Kier molecular flexibility index (Phi) is 19.8. The third kappa shape index (κ3) is 18.4. The largest absolute Gasteiger partial charge is 0.326 e. The summed E-state index contributed by atoms with van der Waals surface area (Å²) >= 11 is 13.2. The zero-order valence-corrected chi connectivity index (χ0v) is 32.5. The maximum atomic E-state index is 10.7. The highest BCUT2D eigenvalue weighted by Gasteiger charge is 2.02. The topological polar surface area (TPSA) is 151 Å². The second-order valence-electron chi connectivity index (χ2n) is 9.45. The summed E-state index contributed by atoms with van der Waals surface area (Å²) in [5.74, 6) is -0.376. The highest BCUT2D eigenvalue weighted by atomic mass is 79.9. The number of amides is 4. The third-order valence-electron chi connectivity index (χ3n) is 5.21. The molecule has 0 saturated carbocycles. The van der Waals surface area contributed by atoms with Gasteiger partial charge >= 0.3 is 0 Å². The van der Waals surface area contributed by atoms with Gasteiger partial charge in [-0.25, -0.2) is 0 Å². The highest BCUT2D eigenvalue weighted by molar-refractivity contribution is 9.11. The summed E-state index contributed by atoms with van der Waals surface area (Å²) in [6.45, 7) is 5.84. The minimum atomic E-state index is -0.139. The molecule has 0 aliphatic rings. The maximum absolute atomic E-state index is 10.7. The summed E-state index contributed by atoms with van der Waals surface area (Å²) in [5, 5.41) is 10.6. The Bertz CT molecular complexity index is 1720. The Balaban J connectivity index is 0.000000320.